The Labute approximate surface area is 149 Å². The predicted molar refractivity (Wildman–Crippen MR) is 99.0 cm³/mol. The Kier molecular flexibility index (Phi) is 10.9. The highest BCUT2D eigenvalue weighted by atomic mass is 32.1. The highest BCUT2D eigenvalue weighted by molar-refractivity contribution is 7.81. The van der Waals surface area contributed by atoms with Crippen LogP contribution in [0, 0.1) is 11.8 Å². The lowest BCUT2D eigenvalue weighted by Crippen LogP contribution is -2.11. The molecule has 0 aliphatic heterocycles. The van der Waals surface area contributed by atoms with E-state index in [0.29, 0.717) is 19.8 Å². The van der Waals surface area contributed by atoms with E-state index in [1.807, 2.05) is 31.2 Å². The molecule has 0 unspecified atom stereocenters. The molecule has 0 aromatic heterocycles. The maximum absolute atomic E-state index is 10.9. The van der Waals surface area contributed by atoms with Crippen LogP contribution in [-0.2, 0) is 14.3 Å². The van der Waals surface area contributed by atoms with E-state index >= 15 is 0 Å². The molecular formula is C17H23NO3S2. The van der Waals surface area contributed by atoms with Gasteiger partial charge in [-0.3, -0.25) is 9.52 Å². The summed E-state index contributed by atoms with van der Waals surface area (Å²) >= 11 is 7.93. The summed E-state index contributed by atoms with van der Waals surface area (Å²) in [5.41, 5.74) is 2.12. The number of nitrogens with one attached hydrogen (secondary N) is 1. The lowest BCUT2D eigenvalue weighted by Gasteiger charge is -2.08. The average molecular weight is 354 g/mol. The Bertz CT molecular complexity index is 523. The van der Waals surface area contributed by atoms with Gasteiger partial charge in [0.1, 0.15) is 13.2 Å². The van der Waals surface area contributed by atoms with Crippen molar-refractivity contribution in [3.63, 3.8) is 0 Å². The summed E-state index contributed by atoms with van der Waals surface area (Å²) in [7, 11) is 0. The Morgan fingerprint density at radius 3 is 2.61 bits per heavy atom. The van der Waals surface area contributed by atoms with Crippen LogP contribution in [0.1, 0.15) is 30.5 Å². The molecule has 1 rings (SSSR count). The van der Waals surface area contributed by atoms with Crippen LogP contribution in [0.25, 0.3) is 0 Å². The summed E-state index contributed by atoms with van der Waals surface area (Å²) < 4.78 is 13.5. The molecule has 126 valence electrons. The van der Waals surface area contributed by atoms with E-state index in [1.54, 1.807) is 0 Å². The van der Waals surface area contributed by atoms with Crippen molar-refractivity contribution < 1.29 is 14.3 Å². The first-order valence-electron chi connectivity index (χ1n) is 7.44. The van der Waals surface area contributed by atoms with Crippen molar-refractivity contribution in [3.05, 3.63) is 35.4 Å². The Balaban J connectivity index is 2.14. The number of ketones is 1. The van der Waals surface area contributed by atoms with Gasteiger partial charge < -0.3 is 9.47 Å². The van der Waals surface area contributed by atoms with Crippen molar-refractivity contribution in [2.45, 2.75) is 19.4 Å². The van der Waals surface area contributed by atoms with E-state index in [-0.39, 0.29) is 24.2 Å². The molecule has 0 saturated heterocycles. The number of thiol groups is 2. The zero-order valence-corrected chi connectivity index (χ0v) is 15.0. The standard InChI is InChI=1S/C17H23NO3S2/c1-14(18-23)16-7-5-15(6-8-16)4-2-9-20-10-3-11-21-12-17(19)13-22/h5-8,14,18,22-23H,3,9-13H2,1H3/t14-/m0/s1. The van der Waals surface area contributed by atoms with Crippen LogP contribution in [0.3, 0.4) is 0 Å². The minimum atomic E-state index is -0.00863. The van der Waals surface area contributed by atoms with E-state index in [2.05, 4.69) is 42.0 Å². The molecule has 23 heavy (non-hydrogen) atoms. The van der Waals surface area contributed by atoms with Crippen molar-refractivity contribution in [3.8, 4) is 11.8 Å². The molecule has 0 spiro atoms. The van der Waals surface area contributed by atoms with Gasteiger partial charge in [-0.1, -0.05) is 36.8 Å². The lowest BCUT2D eigenvalue weighted by atomic mass is 10.1. The summed E-state index contributed by atoms with van der Waals surface area (Å²) in [5, 5.41) is 0. The smallest absolute Gasteiger partial charge is 0.168 e. The number of carbonyl (C=O) groups excluding carboxylic acids is 1. The second kappa shape index (κ2) is 12.5. The predicted octanol–water partition coefficient (Wildman–Crippen LogP) is 2.46. The number of carbonyl (C=O) groups is 1. The van der Waals surface area contributed by atoms with Crippen molar-refractivity contribution in [1.29, 1.82) is 0 Å². The Morgan fingerprint density at radius 1 is 1.26 bits per heavy atom. The first kappa shape index (κ1) is 20.1. The maximum Gasteiger partial charge on any atom is 0.168 e. The van der Waals surface area contributed by atoms with Gasteiger partial charge in [0.05, 0.1) is 12.4 Å². The molecule has 0 aliphatic carbocycles. The van der Waals surface area contributed by atoms with Crippen LogP contribution < -0.4 is 4.72 Å². The molecule has 1 aromatic rings. The lowest BCUT2D eigenvalue weighted by molar-refractivity contribution is -0.121. The van der Waals surface area contributed by atoms with Gasteiger partial charge in [-0.25, -0.2) is 0 Å². The second-order valence-electron chi connectivity index (χ2n) is 4.93. The van der Waals surface area contributed by atoms with Crippen molar-refractivity contribution in [1.82, 2.24) is 4.72 Å². The maximum atomic E-state index is 10.9. The molecule has 0 heterocycles. The quantitative estimate of drug-likeness (QED) is 0.344. The van der Waals surface area contributed by atoms with Crippen LogP contribution in [-0.4, -0.2) is 38.0 Å². The number of hydrogen-bond acceptors (Lipinski definition) is 6. The largest absolute Gasteiger partial charge is 0.374 e. The van der Waals surface area contributed by atoms with Gasteiger partial charge in [-0.15, -0.1) is 0 Å². The van der Waals surface area contributed by atoms with Gasteiger partial charge in [0, 0.05) is 18.2 Å². The molecule has 0 amide bonds. The van der Waals surface area contributed by atoms with Gasteiger partial charge in [0.15, 0.2) is 5.78 Å². The molecule has 4 nitrogen and oxygen atoms in total. The topological polar surface area (TPSA) is 47.6 Å². The molecule has 6 heteroatoms. The summed E-state index contributed by atoms with van der Waals surface area (Å²) in [6.45, 7) is 3.62. The van der Waals surface area contributed by atoms with Crippen LogP contribution in [0.5, 0.6) is 0 Å². The van der Waals surface area contributed by atoms with Gasteiger partial charge in [-0.05, 0) is 31.0 Å². The third kappa shape index (κ3) is 9.04. The van der Waals surface area contributed by atoms with Gasteiger partial charge >= 0.3 is 0 Å². The fourth-order valence-electron chi connectivity index (χ4n) is 1.69. The minimum absolute atomic E-state index is 0.00863. The molecule has 0 radical (unpaired) electrons. The molecule has 1 N–H and O–H groups in total. The summed E-state index contributed by atoms with van der Waals surface area (Å²) in [4.78, 5) is 10.9. The van der Waals surface area contributed by atoms with Gasteiger partial charge in [0.2, 0.25) is 0 Å². The number of rotatable bonds is 10. The van der Waals surface area contributed by atoms with E-state index in [4.69, 9.17) is 9.47 Å². The van der Waals surface area contributed by atoms with Crippen molar-refractivity contribution in [2.75, 3.05) is 32.2 Å². The number of hydrogen-bond donors (Lipinski definition) is 3. The van der Waals surface area contributed by atoms with Crippen LogP contribution in [0.2, 0.25) is 0 Å². The van der Waals surface area contributed by atoms with E-state index in [0.717, 1.165) is 17.5 Å². The normalized spacial score (nSPS) is 11.6. The fraction of sp³-hybridized carbons (Fsp3) is 0.471. The van der Waals surface area contributed by atoms with Crippen molar-refractivity contribution >= 4 is 31.2 Å². The molecule has 0 fully saturated rings. The van der Waals surface area contributed by atoms with E-state index < -0.39 is 0 Å². The number of benzene rings is 1. The Morgan fingerprint density at radius 2 is 1.96 bits per heavy atom. The molecule has 1 aromatic carbocycles. The second-order valence-corrected chi connectivity index (χ2v) is 5.50. The highest BCUT2D eigenvalue weighted by Gasteiger charge is 2.01. The zero-order chi connectivity index (χ0) is 16.9. The van der Waals surface area contributed by atoms with Crippen LogP contribution in [0.4, 0.5) is 0 Å². The number of Topliss-reactive ketones (excluding diaryl/α,β-unsaturated/α-hetero) is 1. The first-order chi connectivity index (χ1) is 11.2. The van der Waals surface area contributed by atoms with Gasteiger partial charge in [-0.2, -0.15) is 12.6 Å². The average Bonchev–Trinajstić information content (AvgIpc) is 2.59. The Hall–Kier alpha value is -0.970. The summed E-state index contributed by atoms with van der Waals surface area (Å²) in [5.74, 6) is 6.24. The number of ether oxygens (including phenoxy) is 2. The molecule has 0 saturated carbocycles. The monoisotopic (exact) mass is 353 g/mol. The third-order valence-electron chi connectivity index (χ3n) is 3.03. The van der Waals surface area contributed by atoms with E-state index in [1.165, 1.54) is 0 Å². The minimum Gasteiger partial charge on any atom is -0.374 e. The third-order valence-corrected chi connectivity index (χ3v) is 3.77. The molecule has 0 bridgehead atoms. The fourth-order valence-corrected chi connectivity index (χ4v) is 1.93. The summed E-state index contributed by atoms with van der Waals surface area (Å²) in [6.07, 6.45) is 0.741. The van der Waals surface area contributed by atoms with E-state index in [9.17, 15) is 4.79 Å². The first-order valence-corrected chi connectivity index (χ1v) is 8.52. The SMILES string of the molecule is C[C@H](NS)c1ccc(C#CCOCCCOCC(=O)CS)cc1. The molecule has 1 atom stereocenters. The molecule has 0 aliphatic rings. The van der Waals surface area contributed by atoms with Crippen LogP contribution >= 0.6 is 25.4 Å². The van der Waals surface area contributed by atoms with Crippen molar-refractivity contribution in [2.24, 2.45) is 0 Å². The van der Waals surface area contributed by atoms with Gasteiger partial charge in [0.25, 0.3) is 0 Å². The highest BCUT2D eigenvalue weighted by Crippen LogP contribution is 2.13. The summed E-state index contributed by atoms with van der Waals surface area (Å²) in [6, 6.07) is 8.23. The van der Waals surface area contributed by atoms with Crippen LogP contribution in [0.15, 0.2) is 24.3 Å². The molecular weight excluding hydrogens is 330 g/mol. The zero-order valence-electron chi connectivity index (χ0n) is 13.2.